The van der Waals surface area contributed by atoms with Crippen molar-refractivity contribution < 1.29 is 19.0 Å². The maximum atomic E-state index is 11.5. The Morgan fingerprint density at radius 2 is 2.32 bits per heavy atom. The molecule has 0 aliphatic carbocycles. The van der Waals surface area contributed by atoms with Crippen LogP contribution in [0.2, 0.25) is 0 Å². The van der Waals surface area contributed by atoms with Gasteiger partial charge >= 0.3 is 5.97 Å². The lowest BCUT2D eigenvalue weighted by molar-refractivity contribution is -0.754. The molecule has 0 spiro atoms. The highest BCUT2D eigenvalue weighted by molar-refractivity contribution is 5.93. The number of nitrogens with zero attached hydrogens (tertiary/aromatic N) is 2. The number of amides is 1. The summed E-state index contributed by atoms with van der Waals surface area (Å²) in [5.74, 6) is -0.604. The summed E-state index contributed by atoms with van der Waals surface area (Å²) in [6, 6.07) is 1.00. The van der Waals surface area contributed by atoms with Crippen LogP contribution in [0, 0.1) is 0 Å². The molecule has 1 heterocycles. The second-order valence-electron chi connectivity index (χ2n) is 3.96. The van der Waals surface area contributed by atoms with Gasteiger partial charge in [0.15, 0.2) is 12.7 Å². The largest absolute Gasteiger partial charge is 0.468 e. The summed E-state index contributed by atoms with van der Waals surface area (Å²) in [5.41, 5.74) is 6.11. The number of methoxy groups -OCH3 is 1. The second kappa shape index (κ2) is 7.42. The van der Waals surface area contributed by atoms with Crippen molar-refractivity contribution in [1.82, 2.24) is 10.4 Å². The van der Waals surface area contributed by atoms with Gasteiger partial charge in [-0.15, -0.1) is 0 Å². The van der Waals surface area contributed by atoms with Crippen LogP contribution in [-0.4, -0.2) is 36.7 Å². The third-order valence-electron chi connectivity index (χ3n) is 2.54. The molecule has 0 aromatic carbocycles. The van der Waals surface area contributed by atoms with Crippen LogP contribution in [0.1, 0.15) is 23.7 Å². The Kier molecular flexibility index (Phi) is 5.87. The Morgan fingerprint density at radius 1 is 1.58 bits per heavy atom. The van der Waals surface area contributed by atoms with Gasteiger partial charge in [-0.3, -0.25) is 9.59 Å². The van der Waals surface area contributed by atoms with Crippen molar-refractivity contribution in [3.63, 3.8) is 0 Å². The topological polar surface area (TPSA) is 98.2 Å². The lowest BCUT2D eigenvalue weighted by Crippen LogP contribution is -2.42. The SMILES string of the molecule is CCNC(=O)c1cc[n+](CCC(N)C(=O)OC)nc1. The fourth-order valence-corrected chi connectivity index (χ4v) is 1.45. The average molecular weight is 267 g/mol. The summed E-state index contributed by atoms with van der Waals surface area (Å²) < 4.78 is 6.15. The van der Waals surface area contributed by atoms with Crippen LogP contribution in [0.3, 0.4) is 0 Å². The monoisotopic (exact) mass is 267 g/mol. The molecule has 7 nitrogen and oxygen atoms in total. The van der Waals surface area contributed by atoms with Crippen LogP contribution >= 0.6 is 0 Å². The molecule has 1 atom stereocenters. The highest BCUT2D eigenvalue weighted by Gasteiger charge is 2.16. The minimum atomic E-state index is -0.664. The zero-order valence-corrected chi connectivity index (χ0v) is 11.1. The van der Waals surface area contributed by atoms with E-state index >= 15 is 0 Å². The van der Waals surface area contributed by atoms with Crippen LogP contribution in [0.4, 0.5) is 0 Å². The average Bonchev–Trinajstić information content (AvgIpc) is 2.44. The van der Waals surface area contributed by atoms with E-state index in [4.69, 9.17) is 5.73 Å². The third kappa shape index (κ3) is 4.63. The summed E-state index contributed by atoms with van der Waals surface area (Å²) in [6.45, 7) is 2.90. The Labute approximate surface area is 111 Å². The Hall–Kier alpha value is -2.02. The van der Waals surface area contributed by atoms with Crippen molar-refractivity contribution in [2.24, 2.45) is 5.73 Å². The summed E-state index contributed by atoms with van der Waals surface area (Å²) in [4.78, 5) is 22.6. The molecule has 1 aromatic rings. The number of nitrogens with one attached hydrogen (secondary N) is 1. The molecule has 0 aliphatic rings. The van der Waals surface area contributed by atoms with E-state index < -0.39 is 12.0 Å². The molecule has 0 fully saturated rings. The predicted molar refractivity (Wildman–Crippen MR) is 67.0 cm³/mol. The van der Waals surface area contributed by atoms with Gasteiger partial charge in [-0.05, 0) is 12.0 Å². The summed E-state index contributed by atoms with van der Waals surface area (Å²) >= 11 is 0. The Bertz CT molecular complexity index is 433. The maximum Gasteiger partial charge on any atom is 0.322 e. The first-order valence-corrected chi connectivity index (χ1v) is 6.05. The molecule has 7 heteroatoms. The van der Waals surface area contributed by atoms with Crippen molar-refractivity contribution in [2.75, 3.05) is 13.7 Å². The number of nitrogens with two attached hydrogens (primary N) is 1. The van der Waals surface area contributed by atoms with E-state index in [-0.39, 0.29) is 5.91 Å². The lowest BCUT2D eigenvalue weighted by atomic mass is 10.2. The van der Waals surface area contributed by atoms with Gasteiger partial charge in [0.1, 0.15) is 12.2 Å². The number of aryl methyl sites for hydroxylation is 1. The normalized spacial score (nSPS) is 11.7. The van der Waals surface area contributed by atoms with Crippen molar-refractivity contribution in [3.05, 3.63) is 24.0 Å². The maximum absolute atomic E-state index is 11.5. The van der Waals surface area contributed by atoms with E-state index in [1.165, 1.54) is 13.3 Å². The summed E-state index contributed by atoms with van der Waals surface area (Å²) in [5, 5.41) is 6.77. The molecule has 0 aliphatic heterocycles. The lowest BCUT2D eigenvalue weighted by Gasteiger charge is -2.05. The number of ether oxygens (including phenoxy) is 1. The molecule has 3 N–H and O–H groups in total. The van der Waals surface area contributed by atoms with Gasteiger partial charge in [0.05, 0.1) is 12.7 Å². The molecule has 1 aromatic heterocycles. The number of carbonyl (C=O) groups excluding carboxylic acids is 2. The van der Waals surface area contributed by atoms with Gasteiger partial charge in [-0.25, -0.2) is 0 Å². The van der Waals surface area contributed by atoms with Gasteiger partial charge in [-0.2, -0.15) is 0 Å². The highest BCUT2D eigenvalue weighted by atomic mass is 16.5. The minimum Gasteiger partial charge on any atom is -0.468 e. The quantitative estimate of drug-likeness (QED) is 0.509. The first kappa shape index (κ1) is 15.0. The second-order valence-corrected chi connectivity index (χ2v) is 3.96. The number of hydrogen-bond donors (Lipinski definition) is 2. The van der Waals surface area contributed by atoms with Crippen LogP contribution in [0.5, 0.6) is 0 Å². The fraction of sp³-hybridized carbons (Fsp3) is 0.500. The standard InChI is InChI=1S/C12H18N4O3/c1-3-14-11(17)9-4-6-16(15-8-9)7-5-10(13)12(18)19-2/h4,6,8,10H,3,5,7,13H2,1-2H3/p+1. The van der Waals surface area contributed by atoms with Gasteiger partial charge < -0.3 is 15.8 Å². The van der Waals surface area contributed by atoms with E-state index in [1.54, 1.807) is 16.9 Å². The van der Waals surface area contributed by atoms with Crippen LogP contribution in [-0.2, 0) is 16.1 Å². The molecule has 1 amide bonds. The number of carbonyl (C=O) groups is 2. The Morgan fingerprint density at radius 3 is 2.84 bits per heavy atom. The Balaban J connectivity index is 2.53. The first-order chi connectivity index (χ1) is 9.08. The van der Waals surface area contributed by atoms with Crippen LogP contribution in [0.15, 0.2) is 18.5 Å². The number of rotatable bonds is 6. The third-order valence-corrected chi connectivity index (χ3v) is 2.54. The van der Waals surface area contributed by atoms with Gasteiger partial charge in [0.2, 0.25) is 0 Å². The molecule has 0 saturated heterocycles. The molecule has 0 radical (unpaired) electrons. The molecule has 1 rings (SSSR count). The van der Waals surface area contributed by atoms with Gasteiger partial charge in [-0.1, -0.05) is 4.68 Å². The van der Waals surface area contributed by atoms with Gasteiger partial charge in [0.25, 0.3) is 5.91 Å². The molecule has 0 bridgehead atoms. The number of hydrogen-bond acceptors (Lipinski definition) is 5. The van der Waals surface area contributed by atoms with Crippen molar-refractivity contribution in [3.8, 4) is 0 Å². The molecule has 104 valence electrons. The fourth-order valence-electron chi connectivity index (χ4n) is 1.45. The smallest absolute Gasteiger partial charge is 0.322 e. The molecular weight excluding hydrogens is 248 g/mol. The predicted octanol–water partition coefficient (Wildman–Crippen LogP) is -0.991. The highest BCUT2D eigenvalue weighted by Crippen LogP contribution is 1.94. The van der Waals surface area contributed by atoms with Crippen LogP contribution in [0.25, 0.3) is 0 Å². The zero-order chi connectivity index (χ0) is 14.3. The molecule has 0 saturated carbocycles. The molecular formula is C12H19N4O3+. The zero-order valence-electron chi connectivity index (χ0n) is 11.1. The van der Waals surface area contributed by atoms with Gasteiger partial charge in [0, 0.05) is 19.0 Å². The van der Waals surface area contributed by atoms with Crippen molar-refractivity contribution in [1.29, 1.82) is 0 Å². The van der Waals surface area contributed by atoms with E-state index in [2.05, 4.69) is 15.2 Å². The van der Waals surface area contributed by atoms with E-state index in [9.17, 15) is 9.59 Å². The van der Waals surface area contributed by atoms with Crippen molar-refractivity contribution >= 4 is 11.9 Å². The molecule has 1 unspecified atom stereocenters. The van der Waals surface area contributed by atoms with E-state index in [0.29, 0.717) is 25.1 Å². The number of aromatic nitrogens is 2. The van der Waals surface area contributed by atoms with Crippen molar-refractivity contribution in [2.45, 2.75) is 25.9 Å². The van der Waals surface area contributed by atoms with Crippen LogP contribution < -0.4 is 15.7 Å². The minimum absolute atomic E-state index is 0.159. The summed E-state index contributed by atoms with van der Waals surface area (Å²) in [6.07, 6.45) is 3.58. The van der Waals surface area contributed by atoms with E-state index in [1.807, 2.05) is 6.92 Å². The number of esters is 1. The molecule has 19 heavy (non-hydrogen) atoms. The summed E-state index contributed by atoms with van der Waals surface area (Å²) in [7, 11) is 1.30. The van der Waals surface area contributed by atoms with E-state index in [0.717, 1.165) is 0 Å². The first-order valence-electron chi connectivity index (χ1n) is 6.05.